The van der Waals surface area contributed by atoms with E-state index in [9.17, 15) is 28.1 Å². The van der Waals surface area contributed by atoms with Crippen LogP contribution in [0.4, 0.5) is 17.1 Å². The van der Waals surface area contributed by atoms with E-state index in [-0.39, 0.29) is 16.1 Å². The van der Waals surface area contributed by atoms with Crippen LogP contribution < -0.4 is 10.0 Å². The molecule has 0 aromatic heterocycles. The van der Waals surface area contributed by atoms with E-state index in [0.717, 1.165) is 23.3 Å². The molecular weight excluding hydrogens is 462 g/mol. The Labute approximate surface area is 195 Å². The number of carbonyl (C=O) groups excluding carboxylic acids is 2. The first-order chi connectivity index (χ1) is 16.1. The minimum Gasteiger partial charge on any atom is -0.452 e. The molecule has 34 heavy (non-hydrogen) atoms. The smallest absolute Gasteiger partial charge is 0.340 e. The zero-order chi connectivity index (χ0) is 24.9. The van der Waals surface area contributed by atoms with Gasteiger partial charge in [0, 0.05) is 17.8 Å². The first kappa shape index (κ1) is 24.4. The second kappa shape index (κ2) is 10.1. The van der Waals surface area contributed by atoms with E-state index in [2.05, 4.69) is 10.0 Å². The third kappa shape index (κ3) is 5.75. The van der Waals surface area contributed by atoms with Crippen molar-refractivity contribution >= 4 is 39.0 Å². The highest BCUT2D eigenvalue weighted by molar-refractivity contribution is 7.92. The second-order valence-corrected chi connectivity index (χ2v) is 8.96. The Morgan fingerprint density at radius 1 is 0.971 bits per heavy atom. The number of para-hydroxylation sites is 1. The van der Waals surface area contributed by atoms with Crippen LogP contribution in [0.5, 0.6) is 0 Å². The molecule has 3 aromatic rings. The molecule has 0 aliphatic heterocycles. The number of nitrogens with zero attached hydrogens (tertiary/aromatic N) is 1. The predicted octanol–water partition coefficient (Wildman–Crippen LogP) is 3.81. The van der Waals surface area contributed by atoms with Crippen molar-refractivity contribution in [1.82, 2.24) is 0 Å². The van der Waals surface area contributed by atoms with Gasteiger partial charge in [-0.3, -0.25) is 19.6 Å². The van der Waals surface area contributed by atoms with Crippen LogP contribution in [0.3, 0.4) is 0 Å². The summed E-state index contributed by atoms with van der Waals surface area (Å²) in [6.07, 6.45) is 0. The number of ether oxygens (including phenoxy) is 1. The van der Waals surface area contributed by atoms with Crippen molar-refractivity contribution in [3.05, 3.63) is 93.5 Å². The molecule has 10 nitrogen and oxygen atoms in total. The number of carbonyl (C=O) groups is 2. The van der Waals surface area contributed by atoms with E-state index in [4.69, 9.17) is 4.74 Å². The molecule has 0 heterocycles. The van der Waals surface area contributed by atoms with E-state index in [0.29, 0.717) is 5.69 Å². The number of anilines is 2. The molecule has 0 aliphatic carbocycles. The standard InChI is InChI=1S/C23H21N3O7S/c1-15-7-5-12-20(16(15)2)24-22(27)14-33-23(28)19-10-3-4-11-21(19)25-34(31,32)18-9-6-8-17(13-18)26(29)30/h3-13,25H,14H2,1-2H3,(H,24,27). The number of aryl methyl sites for hydroxylation is 1. The third-order valence-corrected chi connectivity index (χ3v) is 6.31. The lowest BCUT2D eigenvalue weighted by atomic mass is 10.1. The predicted molar refractivity (Wildman–Crippen MR) is 125 cm³/mol. The van der Waals surface area contributed by atoms with Crippen molar-refractivity contribution in [2.75, 3.05) is 16.6 Å². The number of sulfonamides is 1. The maximum Gasteiger partial charge on any atom is 0.340 e. The van der Waals surface area contributed by atoms with Gasteiger partial charge in [-0.1, -0.05) is 30.3 Å². The number of nitro groups is 1. The number of non-ortho nitro benzene ring substituents is 1. The number of hydrogen-bond acceptors (Lipinski definition) is 7. The van der Waals surface area contributed by atoms with Gasteiger partial charge in [-0.2, -0.15) is 0 Å². The van der Waals surface area contributed by atoms with E-state index in [1.54, 1.807) is 12.1 Å². The maximum absolute atomic E-state index is 12.7. The van der Waals surface area contributed by atoms with Gasteiger partial charge in [0.2, 0.25) is 0 Å². The Morgan fingerprint density at radius 3 is 2.38 bits per heavy atom. The summed E-state index contributed by atoms with van der Waals surface area (Å²) in [5.74, 6) is -1.48. The highest BCUT2D eigenvalue weighted by atomic mass is 32.2. The van der Waals surface area contributed by atoms with Crippen LogP contribution in [0.2, 0.25) is 0 Å². The summed E-state index contributed by atoms with van der Waals surface area (Å²) in [7, 11) is -4.25. The zero-order valence-electron chi connectivity index (χ0n) is 18.3. The molecule has 0 fully saturated rings. The lowest BCUT2D eigenvalue weighted by Crippen LogP contribution is -2.22. The zero-order valence-corrected chi connectivity index (χ0v) is 19.1. The van der Waals surface area contributed by atoms with Gasteiger partial charge < -0.3 is 10.1 Å². The van der Waals surface area contributed by atoms with Crippen molar-refractivity contribution in [2.24, 2.45) is 0 Å². The van der Waals surface area contributed by atoms with Crippen molar-refractivity contribution in [3.8, 4) is 0 Å². The Morgan fingerprint density at radius 2 is 1.65 bits per heavy atom. The molecule has 11 heteroatoms. The molecule has 0 radical (unpaired) electrons. The second-order valence-electron chi connectivity index (χ2n) is 7.28. The molecule has 0 atom stereocenters. The number of nitrogens with one attached hydrogen (secondary N) is 2. The summed E-state index contributed by atoms with van der Waals surface area (Å²) >= 11 is 0. The van der Waals surface area contributed by atoms with Crippen molar-refractivity contribution in [3.63, 3.8) is 0 Å². The highest BCUT2D eigenvalue weighted by Gasteiger charge is 2.22. The van der Waals surface area contributed by atoms with E-state index < -0.39 is 39.1 Å². The van der Waals surface area contributed by atoms with Crippen molar-refractivity contribution < 1.29 is 27.7 Å². The SMILES string of the molecule is Cc1cccc(NC(=O)COC(=O)c2ccccc2NS(=O)(=O)c2cccc([N+](=O)[O-])c2)c1C. The van der Waals surface area contributed by atoms with Gasteiger partial charge in [-0.25, -0.2) is 13.2 Å². The number of rotatable bonds is 8. The molecule has 3 rings (SSSR count). The van der Waals surface area contributed by atoms with Gasteiger partial charge in [0.1, 0.15) is 0 Å². The fourth-order valence-corrected chi connectivity index (χ4v) is 4.12. The van der Waals surface area contributed by atoms with Gasteiger partial charge in [-0.15, -0.1) is 0 Å². The molecule has 3 aromatic carbocycles. The molecule has 0 bridgehead atoms. The number of hydrogen-bond donors (Lipinski definition) is 2. The number of benzene rings is 3. The molecule has 1 amide bonds. The van der Waals surface area contributed by atoms with Crippen LogP contribution in [0.15, 0.2) is 71.6 Å². The van der Waals surface area contributed by atoms with Crippen LogP contribution >= 0.6 is 0 Å². The molecule has 0 aliphatic rings. The van der Waals surface area contributed by atoms with Crippen LogP contribution in [0, 0.1) is 24.0 Å². The highest BCUT2D eigenvalue weighted by Crippen LogP contribution is 2.23. The fraction of sp³-hybridized carbons (Fsp3) is 0.130. The summed E-state index contributed by atoms with van der Waals surface area (Å²) in [6.45, 7) is 3.16. The molecule has 0 unspecified atom stereocenters. The first-order valence-electron chi connectivity index (χ1n) is 9.98. The number of nitro benzene ring substituents is 1. The van der Waals surface area contributed by atoms with Gasteiger partial charge in [0.15, 0.2) is 6.61 Å². The van der Waals surface area contributed by atoms with Crippen molar-refractivity contribution in [2.45, 2.75) is 18.7 Å². The minimum absolute atomic E-state index is 0.103. The van der Waals surface area contributed by atoms with E-state index in [1.165, 1.54) is 36.4 Å². The summed E-state index contributed by atoms with van der Waals surface area (Å²) in [5, 5.41) is 13.6. The number of amides is 1. The normalized spacial score (nSPS) is 10.9. The summed E-state index contributed by atoms with van der Waals surface area (Å²) in [5.41, 5.74) is 1.82. The van der Waals surface area contributed by atoms with E-state index in [1.807, 2.05) is 19.9 Å². The van der Waals surface area contributed by atoms with Crippen LogP contribution in [-0.2, 0) is 19.6 Å². The van der Waals surface area contributed by atoms with Gasteiger partial charge in [0.05, 0.1) is 21.1 Å². The molecule has 176 valence electrons. The molecule has 0 spiro atoms. The Balaban J connectivity index is 1.72. The van der Waals surface area contributed by atoms with Gasteiger partial charge in [-0.05, 0) is 49.2 Å². The summed E-state index contributed by atoms with van der Waals surface area (Å²) in [6, 6.07) is 15.6. The minimum atomic E-state index is -4.25. The molecule has 0 saturated heterocycles. The molecular formula is C23H21N3O7S. The Bertz CT molecular complexity index is 1370. The van der Waals surface area contributed by atoms with E-state index >= 15 is 0 Å². The maximum atomic E-state index is 12.7. The van der Waals surface area contributed by atoms with Crippen molar-refractivity contribution in [1.29, 1.82) is 0 Å². The van der Waals surface area contributed by atoms with Gasteiger partial charge in [0.25, 0.3) is 21.6 Å². The quantitative estimate of drug-likeness (QED) is 0.281. The van der Waals surface area contributed by atoms with Crippen LogP contribution in [-0.4, -0.2) is 31.8 Å². The monoisotopic (exact) mass is 483 g/mol. The summed E-state index contributed by atoms with van der Waals surface area (Å²) < 4.78 is 32.8. The average molecular weight is 484 g/mol. The summed E-state index contributed by atoms with van der Waals surface area (Å²) in [4.78, 5) is 34.7. The lowest BCUT2D eigenvalue weighted by molar-refractivity contribution is -0.385. The molecule has 0 saturated carbocycles. The van der Waals surface area contributed by atoms with Crippen LogP contribution in [0.1, 0.15) is 21.5 Å². The van der Waals surface area contributed by atoms with Crippen LogP contribution in [0.25, 0.3) is 0 Å². The fourth-order valence-electron chi connectivity index (χ4n) is 3.00. The number of esters is 1. The third-order valence-electron chi connectivity index (χ3n) is 4.94. The topological polar surface area (TPSA) is 145 Å². The Hall–Kier alpha value is -4.25. The largest absolute Gasteiger partial charge is 0.452 e. The average Bonchev–Trinajstić information content (AvgIpc) is 2.80. The van der Waals surface area contributed by atoms with Gasteiger partial charge >= 0.3 is 5.97 Å². The lowest BCUT2D eigenvalue weighted by Gasteiger charge is -2.13. The molecule has 2 N–H and O–H groups in total. The first-order valence-corrected chi connectivity index (χ1v) is 11.5. The Kier molecular flexibility index (Phi) is 7.27.